The van der Waals surface area contributed by atoms with Gasteiger partial charge in [0.25, 0.3) is 0 Å². The Morgan fingerprint density at radius 2 is 2.55 bits per heavy atom. The van der Waals surface area contributed by atoms with Crippen LogP contribution < -0.4 is 0 Å². The molecule has 2 unspecified atom stereocenters. The van der Waals surface area contributed by atoms with E-state index < -0.39 is 0 Å². The molecule has 0 bridgehead atoms. The van der Waals surface area contributed by atoms with E-state index in [1.165, 1.54) is 0 Å². The average molecular weight is 192 g/mol. The van der Waals surface area contributed by atoms with Gasteiger partial charge in [-0.25, -0.2) is 0 Å². The second kappa shape index (κ2) is 4.28. The summed E-state index contributed by atoms with van der Waals surface area (Å²) in [6, 6.07) is 0. The fourth-order valence-electron chi connectivity index (χ4n) is 1.21. The third kappa shape index (κ3) is 3.40. The minimum Gasteiger partial charge on any atom is -0.478 e. The highest BCUT2D eigenvalue weighted by atomic mass is 32.1. The topological polar surface area (TPSA) is 18.5 Å². The van der Waals surface area contributed by atoms with Crippen molar-refractivity contribution in [3.8, 4) is 0 Å². The fourth-order valence-corrected chi connectivity index (χ4v) is 1.35. The summed E-state index contributed by atoms with van der Waals surface area (Å²) in [5.41, 5.74) is 0. The van der Waals surface area contributed by atoms with Crippen molar-refractivity contribution in [3.63, 3.8) is 0 Å². The Hall–Kier alpha value is 0.200. The molecule has 0 aromatic heterocycles. The van der Waals surface area contributed by atoms with Gasteiger partial charge in [0.15, 0.2) is 0 Å². The second-order valence-electron chi connectivity index (χ2n) is 2.82. The smallest absolute Gasteiger partial charge is 0.216 e. The molecule has 0 radical (unpaired) electrons. The van der Waals surface area contributed by atoms with Gasteiger partial charge < -0.3 is 9.47 Å². The van der Waals surface area contributed by atoms with E-state index in [-0.39, 0.29) is 0 Å². The highest BCUT2D eigenvalue weighted by Gasteiger charge is 2.22. The number of hydrogen-bond donors (Lipinski definition) is 1. The molecule has 1 saturated heterocycles. The first-order valence-electron chi connectivity index (χ1n) is 3.66. The third-order valence-corrected chi connectivity index (χ3v) is 1.97. The van der Waals surface area contributed by atoms with Crippen LogP contribution in [0.15, 0.2) is 0 Å². The molecule has 0 aromatic rings. The molecule has 64 valence electrons. The Morgan fingerprint density at radius 1 is 1.82 bits per heavy atom. The van der Waals surface area contributed by atoms with Gasteiger partial charge in [-0.1, -0.05) is 12.6 Å². The predicted molar refractivity (Wildman–Crippen MR) is 51.1 cm³/mol. The van der Waals surface area contributed by atoms with Crippen LogP contribution in [0, 0.1) is 5.92 Å². The Morgan fingerprint density at radius 3 is 3.00 bits per heavy atom. The molecule has 0 spiro atoms. The summed E-state index contributed by atoms with van der Waals surface area (Å²) in [7, 11) is 0. The molecule has 0 amide bonds. The van der Waals surface area contributed by atoms with Gasteiger partial charge >= 0.3 is 0 Å². The SMILES string of the molecule is CC1CC(COC(=S)S)CO1. The lowest BCUT2D eigenvalue weighted by Gasteiger charge is -2.07. The van der Waals surface area contributed by atoms with Gasteiger partial charge in [-0.2, -0.15) is 0 Å². The Labute approximate surface area is 77.7 Å². The molecule has 1 rings (SSSR count). The zero-order chi connectivity index (χ0) is 8.27. The summed E-state index contributed by atoms with van der Waals surface area (Å²) in [5, 5.41) is 0. The predicted octanol–water partition coefficient (Wildman–Crippen LogP) is 1.64. The van der Waals surface area contributed by atoms with E-state index in [4.69, 9.17) is 9.47 Å². The lowest BCUT2D eigenvalue weighted by atomic mass is 10.1. The lowest BCUT2D eigenvalue weighted by molar-refractivity contribution is 0.114. The van der Waals surface area contributed by atoms with Crippen molar-refractivity contribution in [3.05, 3.63) is 0 Å². The third-order valence-electron chi connectivity index (χ3n) is 1.72. The molecule has 4 heteroatoms. The highest BCUT2D eigenvalue weighted by molar-refractivity contribution is 8.10. The van der Waals surface area contributed by atoms with E-state index in [1.54, 1.807) is 0 Å². The van der Waals surface area contributed by atoms with E-state index in [0.29, 0.717) is 23.0 Å². The van der Waals surface area contributed by atoms with E-state index >= 15 is 0 Å². The van der Waals surface area contributed by atoms with Crippen molar-refractivity contribution >= 4 is 29.2 Å². The maximum atomic E-state index is 5.35. The first-order valence-corrected chi connectivity index (χ1v) is 4.51. The van der Waals surface area contributed by atoms with Gasteiger partial charge in [-0.05, 0) is 25.6 Å². The van der Waals surface area contributed by atoms with Crippen LogP contribution in [0.2, 0.25) is 0 Å². The quantitative estimate of drug-likeness (QED) is 0.530. The molecule has 0 aliphatic carbocycles. The van der Waals surface area contributed by atoms with Crippen LogP contribution >= 0.6 is 24.8 Å². The molecular weight excluding hydrogens is 180 g/mol. The summed E-state index contributed by atoms with van der Waals surface area (Å²) < 4.78 is 10.8. The first-order chi connectivity index (χ1) is 5.18. The van der Waals surface area contributed by atoms with Crippen molar-refractivity contribution in [2.45, 2.75) is 19.4 Å². The second-order valence-corrected chi connectivity index (χ2v) is 3.90. The van der Waals surface area contributed by atoms with Crippen LogP contribution in [-0.2, 0) is 9.47 Å². The Bertz CT molecular complexity index is 149. The zero-order valence-electron chi connectivity index (χ0n) is 6.45. The molecule has 1 heterocycles. The maximum Gasteiger partial charge on any atom is 0.216 e. The molecule has 0 N–H and O–H groups in total. The summed E-state index contributed by atoms with van der Waals surface area (Å²) in [6.07, 6.45) is 1.44. The summed E-state index contributed by atoms with van der Waals surface area (Å²) >= 11 is 8.52. The van der Waals surface area contributed by atoms with Crippen LogP contribution in [-0.4, -0.2) is 23.7 Å². The van der Waals surface area contributed by atoms with E-state index in [2.05, 4.69) is 31.8 Å². The van der Waals surface area contributed by atoms with Gasteiger partial charge in [-0.3, -0.25) is 0 Å². The lowest BCUT2D eigenvalue weighted by Crippen LogP contribution is -2.10. The Balaban J connectivity index is 2.13. The number of hydrogen-bond acceptors (Lipinski definition) is 3. The van der Waals surface area contributed by atoms with Gasteiger partial charge in [-0.15, -0.1) is 0 Å². The van der Waals surface area contributed by atoms with E-state index in [9.17, 15) is 0 Å². The van der Waals surface area contributed by atoms with Gasteiger partial charge in [0.1, 0.15) is 0 Å². The molecule has 1 aliphatic heterocycles. The maximum absolute atomic E-state index is 5.35. The van der Waals surface area contributed by atoms with Crippen LogP contribution in [0.4, 0.5) is 0 Å². The van der Waals surface area contributed by atoms with Crippen molar-refractivity contribution in [1.82, 2.24) is 0 Å². The number of thiocarbonyl (C=S) groups is 1. The molecular formula is C7H12O2S2. The molecule has 2 atom stereocenters. The molecule has 1 aliphatic rings. The minimum absolute atomic E-state index is 0.324. The number of thiol groups is 1. The van der Waals surface area contributed by atoms with Crippen LogP contribution in [0.5, 0.6) is 0 Å². The molecule has 2 nitrogen and oxygen atoms in total. The molecule has 0 saturated carbocycles. The largest absolute Gasteiger partial charge is 0.478 e. The normalized spacial score (nSPS) is 30.4. The highest BCUT2D eigenvalue weighted by Crippen LogP contribution is 2.19. The molecule has 1 fully saturated rings. The average Bonchev–Trinajstić information content (AvgIpc) is 2.31. The number of rotatable bonds is 2. The minimum atomic E-state index is 0.324. The standard InChI is InChI=1S/C7H12O2S2/c1-5-2-6(3-8-5)4-9-7(10)11/h5-6H,2-4H2,1H3,(H,10,11). The first kappa shape index (κ1) is 9.29. The summed E-state index contributed by atoms with van der Waals surface area (Å²) in [6.45, 7) is 3.50. The van der Waals surface area contributed by atoms with Gasteiger partial charge in [0.2, 0.25) is 4.38 Å². The number of ether oxygens (including phenoxy) is 2. The molecule has 0 aromatic carbocycles. The van der Waals surface area contributed by atoms with Crippen LogP contribution in [0.25, 0.3) is 0 Å². The zero-order valence-corrected chi connectivity index (χ0v) is 8.16. The summed E-state index contributed by atoms with van der Waals surface area (Å²) in [5.74, 6) is 0.495. The van der Waals surface area contributed by atoms with E-state index in [1.807, 2.05) is 0 Å². The van der Waals surface area contributed by atoms with Gasteiger partial charge in [0, 0.05) is 5.92 Å². The van der Waals surface area contributed by atoms with Crippen LogP contribution in [0.1, 0.15) is 13.3 Å². The molecule has 11 heavy (non-hydrogen) atoms. The van der Waals surface area contributed by atoms with Crippen molar-refractivity contribution in [1.29, 1.82) is 0 Å². The Kier molecular flexibility index (Phi) is 3.62. The van der Waals surface area contributed by atoms with Crippen molar-refractivity contribution < 1.29 is 9.47 Å². The van der Waals surface area contributed by atoms with Gasteiger partial charge in [0.05, 0.1) is 19.3 Å². The van der Waals surface area contributed by atoms with Crippen molar-refractivity contribution in [2.24, 2.45) is 5.92 Å². The van der Waals surface area contributed by atoms with Crippen molar-refractivity contribution in [2.75, 3.05) is 13.2 Å². The van der Waals surface area contributed by atoms with E-state index in [0.717, 1.165) is 13.0 Å². The van der Waals surface area contributed by atoms with Crippen LogP contribution in [0.3, 0.4) is 0 Å². The summed E-state index contributed by atoms with van der Waals surface area (Å²) in [4.78, 5) is 0. The monoisotopic (exact) mass is 192 g/mol. The fraction of sp³-hybridized carbons (Fsp3) is 0.857.